The topological polar surface area (TPSA) is 66.8 Å². The molecule has 0 aliphatic heterocycles. The molecule has 15 heavy (non-hydrogen) atoms. The van der Waals surface area contributed by atoms with Gasteiger partial charge >= 0.3 is 5.97 Å². The number of ether oxygens (including phenoxy) is 1. The van der Waals surface area contributed by atoms with Crippen molar-refractivity contribution in [2.75, 3.05) is 13.7 Å². The summed E-state index contributed by atoms with van der Waals surface area (Å²) in [5.74, 6) is -0.978. The van der Waals surface area contributed by atoms with Crippen LogP contribution in [0.2, 0.25) is 0 Å². The highest BCUT2D eigenvalue weighted by molar-refractivity contribution is 5.76. The minimum Gasteiger partial charge on any atom is -0.481 e. The Morgan fingerprint density at radius 2 is 1.93 bits per heavy atom. The van der Waals surface area contributed by atoms with E-state index in [1.54, 1.807) is 6.92 Å². The predicted octanol–water partition coefficient (Wildman–Crippen LogP) is 1.42. The number of methoxy groups -OCH3 is 1. The van der Waals surface area contributed by atoms with Crippen LogP contribution in [0.15, 0.2) is 0 Å². The fourth-order valence-corrected chi connectivity index (χ4v) is 2.37. The van der Waals surface area contributed by atoms with Gasteiger partial charge < -0.3 is 14.9 Å². The first-order valence-corrected chi connectivity index (χ1v) is 5.41. The van der Waals surface area contributed by atoms with Crippen molar-refractivity contribution >= 4 is 5.97 Å². The van der Waals surface area contributed by atoms with E-state index in [9.17, 15) is 15.0 Å². The summed E-state index contributed by atoms with van der Waals surface area (Å²) in [6.45, 7) is 1.63. The number of hydrogen-bond donors (Lipinski definition) is 2. The summed E-state index contributed by atoms with van der Waals surface area (Å²) >= 11 is 0. The average molecular weight is 216 g/mol. The standard InChI is InChI=1S/C11H20O4/c1-10(8-15-2,9(12)13)11(14)6-4-3-5-7-11/h14H,3-8H2,1-2H3,(H,12,13). The zero-order valence-electron chi connectivity index (χ0n) is 9.45. The number of aliphatic hydroxyl groups is 1. The molecule has 2 N–H and O–H groups in total. The highest BCUT2D eigenvalue weighted by Crippen LogP contribution is 2.42. The third-order valence-electron chi connectivity index (χ3n) is 3.61. The molecule has 1 rings (SSSR count). The van der Waals surface area contributed by atoms with E-state index in [1.165, 1.54) is 7.11 Å². The van der Waals surface area contributed by atoms with Gasteiger partial charge in [0.15, 0.2) is 0 Å². The molecule has 1 atom stereocenters. The predicted molar refractivity (Wildman–Crippen MR) is 55.7 cm³/mol. The van der Waals surface area contributed by atoms with Crippen LogP contribution in [0.3, 0.4) is 0 Å². The summed E-state index contributed by atoms with van der Waals surface area (Å²) in [6.07, 6.45) is 3.97. The van der Waals surface area contributed by atoms with Crippen LogP contribution in [0.4, 0.5) is 0 Å². The van der Waals surface area contributed by atoms with Crippen molar-refractivity contribution in [1.82, 2.24) is 0 Å². The summed E-state index contributed by atoms with van der Waals surface area (Å²) in [6, 6.07) is 0. The van der Waals surface area contributed by atoms with Crippen molar-refractivity contribution < 1.29 is 19.7 Å². The van der Waals surface area contributed by atoms with Gasteiger partial charge in [-0.3, -0.25) is 4.79 Å². The first-order valence-electron chi connectivity index (χ1n) is 5.41. The van der Waals surface area contributed by atoms with Crippen molar-refractivity contribution in [3.05, 3.63) is 0 Å². The van der Waals surface area contributed by atoms with Crippen molar-refractivity contribution in [1.29, 1.82) is 0 Å². The van der Waals surface area contributed by atoms with Gasteiger partial charge in [0, 0.05) is 7.11 Å². The third kappa shape index (κ3) is 2.16. The number of aliphatic carboxylic acids is 1. The van der Waals surface area contributed by atoms with E-state index in [0.29, 0.717) is 12.8 Å². The molecule has 0 heterocycles. The fourth-order valence-electron chi connectivity index (χ4n) is 2.37. The molecule has 0 saturated heterocycles. The highest BCUT2D eigenvalue weighted by atomic mass is 16.5. The summed E-state index contributed by atoms with van der Waals surface area (Å²) in [5, 5.41) is 19.7. The lowest BCUT2D eigenvalue weighted by Crippen LogP contribution is -2.55. The molecule has 1 unspecified atom stereocenters. The molecule has 1 aliphatic carbocycles. The van der Waals surface area contributed by atoms with Crippen LogP contribution in [0.5, 0.6) is 0 Å². The zero-order valence-corrected chi connectivity index (χ0v) is 9.45. The van der Waals surface area contributed by atoms with E-state index in [4.69, 9.17) is 4.74 Å². The molecule has 0 aromatic carbocycles. The van der Waals surface area contributed by atoms with Gasteiger partial charge in [0.25, 0.3) is 0 Å². The first kappa shape index (κ1) is 12.5. The quantitative estimate of drug-likeness (QED) is 0.745. The second kappa shape index (κ2) is 4.49. The van der Waals surface area contributed by atoms with Gasteiger partial charge in [0.05, 0.1) is 12.2 Å². The van der Waals surface area contributed by atoms with Gasteiger partial charge in [-0.05, 0) is 19.8 Å². The zero-order chi connectivity index (χ0) is 11.5. The van der Waals surface area contributed by atoms with Crippen molar-refractivity contribution in [2.24, 2.45) is 5.41 Å². The van der Waals surface area contributed by atoms with Gasteiger partial charge in [0.1, 0.15) is 5.41 Å². The number of carbonyl (C=O) groups is 1. The summed E-state index contributed by atoms with van der Waals surface area (Å²) in [7, 11) is 1.47. The normalized spacial score (nSPS) is 24.5. The van der Waals surface area contributed by atoms with Gasteiger partial charge in [-0.1, -0.05) is 19.3 Å². The highest BCUT2D eigenvalue weighted by Gasteiger charge is 2.52. The van der Waals surface area contributed by atoms with E-state index in [1.807, 2.05) is 0 Å². The molecule has 0 aromatic rings. The Balaban J connectivity index is 2.90. The second-order valence-electron chi connectivity index (χ2n) is 4.66. The Morgan fingerprint density at radius 3 is 2.33 bits per heavy atom. The van der Waals surface area contributed by atoms with Gasteiger partial charge in [0.2, 0.25) is 0 Å². The fraction of sp³-hybridized carbons (Fsp3) is 0.909. The van der Waals surface area contributed by atoms with Crippen molar-refractivity contribution in [2.45, 2.75) is 44.6 Å². The smallest absolute Gasteiger partial charge is 0.314 e. The molecular formula is C11H20O4. The lowest BCUT2D eigenvalue weighted by molar-refractivity contribution is -0.180. The molecule has 1 fully saturated rings. The number of carboxylic acid groups (broad SMARTS) is 1. The minimum atomic E-state index is -1.19. The van der Waals surface area contributed by atoms with E-state index < -0.39 is 17.0 Å². The van der Waals surface area contributed by atoms with Crippen LogP contribution in [0, 0.1) is 5.41 Å². The Bertz CT molecular complexity index is 233. The number of carboxylic acids is 1. The van der Waals surface area contributed by atoms with Crippen molar-refractivity contribution in [3.8, 4) is 0 Å². The van der Waals surface area contributed by atoms with Gasteiger partial charge in [-0.2, -0.15) is 0 Å². The molecular weight excluding hydrogens is 196 g/mol. The minimum absolute atomic E-state index is 0.0544. The molecule has 4 nitrogen and oxygen atoms in total. The molecule has 0 amide bonds. The maximum Gasteiger partial charge on any atom is 0.314 e. The third-order valence-corrected chi connectivity index (χ3v) is 3.61. The van der Waals surface area contributed by atoms with Crippen LogP contribution >= 0.6 is 0 Å². The summed E-state index contributed by atoms with van der Waals surface area (Å²) < 4.78 is 4.95. The molecule has 0 spiro atoms. The van der Waals surface area contributed by atoms with E-state index in [-0.39, 0.29) is 6.61 Å². The molecule has 0 aromatic heterocycles. The van der Waals surface area contributed by atoms with Crippen LogP contribution < -0.4 is 0 Å². The van der Waals surface area contributed by atoms with Gasteiger partial charge in [-0.15, -0.1) is 0 Å². The molecule has 0 radical (unpaired) electrons. The SMILES string of the molecule is COCC(C)(C(=O)O)C1(O)CCCCC1. The van der Waals surface area contributed by atoms with E-state index >= 15 is 0 Å². The van der Waals surface area contributed by atoms with Crippen LogP contribution in [0.1, 0.15) is 39.0 Å². The summed E-state index contributed by atoms with van der Waals surface area (Å²) in [4.78, 5) is 11.3. The molecule has 1 saturated carbocycles. The summed E-state index contributed by atoms with van der Waals surface area (Å²) in [5.41, 5.74) is -2.31. The van der Waals surface area contributed by atoms with Gasteiger partial charge in [-0.25, -0.2) is 0 Å². The Hall–Kier alpha value is -0.610. The molecule has 0 bridgehead atoms. The first-order chi connectivity index (χ1) is 6.96. The van der Waals surface area contributed by atoms with Crippen LogP contribution in [-0.2, 0) is 9.53 Å². The van der Waals surface area contributed by atoms with Crippen molar-refractivity contribution in [3.63, 3.8) is 0 Å². The Kier molecular flexibility index (Phi) is 3.73. The number of rotatable bonds is 4. The lowest BCUT2D eigenvalue weighted by Gasteiger charge is -2.44. The average Bonchev–Trinajstić information content (AvgIpc) is 2.18. The monoisotopic (exact) mass is 216 g/mol. The molecule has 4 heteroatoms. The lowest BCUT2D eigenvalue weighted by atomic mass is 9.66. The van der Waals surface area contributed by atoms with Crippen LogP contribution in [0.25, 0.3) is 0 Å². The number of hydrogen-bond acceptors (Lipinski definition) is 3. The largest absolute Gasteiger partial charge is 0.481 e. The molecule has 1 aliphatic rings. The maximum atomic E-state index is 11.3. The molecule has 88 valence electrons. The van der Waals surface area contributed by atoms with Crippen LogP contribution in [-0.4, -0.2) is 35.5 Å². The maximum absolute atomic E-state index is 11.3. The second-order valence-corrected chi connectivity index (χ2v) is 4.66. The Morgan fingerprint density at radius 1 is 1.40 bits per heavy atom. The Labute approximate surface area is 90.2 Å². The van der Waals surface area contributed by atoms with E-state index in [0.717, 1.165) is 19.3 Å². The van der Waals surface area contributed by atoms with E-state index in [2.05, 4.69) is 0 Å².